The first-order chi connectivity index (χ1) is 10.3. The van der Waals surface area contributed by atoms with Gasteiger partial charge in [-0.2, -0.15) is 0 Å². The Balaban J connectivity index is 1.47. The van der Waals surface area contributed by atoms with Crippen LogP contribution in [0.25, 0.3) is 10.8 Å². The van der Waals surface area contributed by atoms with Gasteiger partial charge < -0.3 is 9.73 Å². The molecule has 5 nitrogen and oxygen atoms in total. The van der Waals surface area contributed by atoms with Gasteiger partial charge in [0.1, 0.15) is 0 Å². The van der Waals surface area contributed by atoms with E-state index in [0.29, 0.717) is 30.7 Å². The first kappa shape index (κ1) is 14.3. The van der Waals surface area contributed by atoms with E-state index >= 15 is 0 Å². The number of aryl methyl sites for hydroxylation is 1. The minimum Gasteiger partial charge on any atom is -0.420 e. The van der Waals surface area contributed by atoms with Crippen molar-refractivity contribution < 1.29 is 9.21 Å². The van der Waals surface area contributed by atoms with E-state index in [1.54, 1.807) is 11.3 Å². The van der Waals surface area contributed by atoms with Crippen molar-refractivity contribution in [3.63, 3.8) is 0 Å². The highest BCUT2D eigenvalue weighted by Crippen LogP contribution is 2.23. The van der Waals surface area contributed by atoms with Crippen molar-refractivity contribution in [2.75, 3.05) is 0 Å². The number of aromatic nitrogens is 2. The molecule has 0 unspecified atom stereocenters. The van der Waals surface area contributed by atoms with Crippen LogP contribution in [0, 0.1) is 0 Å². The molecule has 0 bridgehead atoms. The molecule has 0 spiro atoms. The van der Waals surface area contributed by atoms with Crippen molar-refractivity contribution >= 4 is 17.2 Å². The Kier molecular flexibility index (Phi) is 4.65. The van der Waals surface area contributed by atoms with E-state index in [2.05, 4.69) is 15.5 Å². The number of nitrogens with one attached hydrogen (secondary N) is 1. The summed E-state index contributed by atoms with van der Waals surface area (Å²) in [5.41, 5.74) is 0. The van der Waals surface area contributed by atoms with Gasteiger partial charge in [0.05, 0.1) is 4.88 Å². The van der Waals surface area contributed by atoms with Crippen LogP contribution >= 0.6 is 11.3 Å². The van der Waals surface area contributed by atoms with Gasteiger partial charge in [-0.15, -0.1) is 21.5 Å². The number of amides is 1. The SMILES string of the molecule is O=C(CCc1nnc(-c2cccs2)o1)NC1CCCCC1. The Morgan fingerprint density at radius 2 is 2.19 bits per heavy atom. The fraction of sp³-hybridized carbons (Fsp3) is 0.533. The molecule has 1 aliphatic rings. The molecule has 1 aliphatic carbocycles. The maximum Gasteiger partial charge on any atom is 0.257 e. The molecule has 0 radical (unpaired) electrons. The van der Waals surface area contributed by atoms with Crippen molar-refractivity contribution in [2.45, 2.75) is 51.0 Å². The Labute approximate surface area is 127 Å². The molecule has 2 aromatic heterocycles. The van der Waals surface area contributed by atoms with Crippen molar-refractivity contribution in [2.24, 2.45) is 0 Å². The summed E-state index contributed by atoms with van der Waals surface area (Å²) in [7, 11) is 0. The third-order valence-electron chi connectivity index (χ3n) is 3.74. The quantitative estimate of drug-likeness (QED) is 0.921. The zero-order chi connectivity index (χ0) is 14.5. The molecule has 0 atom stereocenters. The molecule has 2 aromatic rings. The van der Waals surface area contributed by atoms with Crippen molar-refractivity contribution in [3.8, 4) is 10.8 Å². The second kappa shape index (κ2) is 6.85. The summed E-state index contributed by atoms with van der Waals surface area (Å²) in [6.45, 7) is 0. The van der Waals surface area contributed by atoms with Crippen molar-refractivity contribution in [1.29, 1.82) is 0 Å². The number of rotatable bonds is 5. The van der Waals surface area contributed by atoms with E-state index in [1.165, 1.54) is 19.3 Å². The number of hydrogen-bond acceptors (Lipinski definition) is 5. The van der Waals surface area contributed by atoms with Gasteiger partial charge in [-0.25, -0.2) is 0 Å². The highest BCUT2D eigenvalue weighted by molar-refractivity contribution is 7.13. The van der Waals surface area contributed by atoms with Gasteiger partial charge >= 0.3 is 0 Å². The van der Waals surface area contributed by atoms with Crippen LogP contribution in [0.1, 0.15) is 44.4 Å². The second-order valence-corrected chi connectivity index (χ2v) is 6.33. The normalized spacial score (nSPS) is 16.0. The topological polar surface area (TPSA) is 68.0 Å². The van der Waals surface area contributed by atoms with Crippen LogP contribution in [-0.2, 0) is 11.2 Å². The van der Waals surface area contributed by atoms with Gasteiger partial charge in [0.25, 0.3) is 5.89 Å². The number of hydrogen-bond donors (Lipinski definition) is 1. The fourth-order valence-electron chi connectivity index (χ4n) is 2.62. The predicted molar refractivity (Wildman–Crippen MR) is 80.9 cm³/mol. The lowest BCUT2D eigenvalue weighted by Crippen LogP contribution is -2.36. The van der Waals surface area contributed by atoms with Crippen LogP contribution < -0.4 is 5.32 Å². The molecular weight excluding hydrogens is 286 g/mol. The van der Waals surface area contributed by atoms with E-state index in [9.17, 15) is 4.79 Å². The molecule has 0 saturated heterocycles. The summed E-state index contributed by atoms with van der Waals surface area (Å²) >= 11 is 1.56. The smallest absolute Gasteiger partial charge is 0.257 e. The van der Waals surface area contributed by atoms with Crippen molar-refractivity contribution in [3.05, 3.63) is 23.4 Å². The Bertz CT molecular complexity index is 574. The van der Waals surface area contributed by atoms with E-state index in [0.717, 1.165) is 17.7 Å². The van der Waals surface area contributed by atoms with Gasteiger partial charge in [-0.3, -0.25) is 4.79 Å². The molecule has 1 fully saturated rings. The number of thiophene rings is 1. The molecule has 2 heterocycles. The van der Waals surface area contributed by atoms with Crippen LogP contribution in [0.2, 0.25) is 0 Å². The Morgan fingerprint density at radius 1 is 1.33 bits per heavy atom. The molecule has 1 amide bonds. The Hall–Kier alpha value is -1.69. The van der Waals surface area contributed by atoms with Gasteiger partial charge in [0, 0.05) is 18.9 Å². The highest BCUT2D eigenvalue weighted by Gasteiger charge is 2.16. The number of nitrogens with zero attached hydrogens (tertiary/aromatic N) is 2. The van der Waals surface area contributed by atoms with Crippen molar-refractivity contribution in [1.82, 2.24) is 15.5 Å². The van der Waals surface area contributed by atoms with E-state index in [1.807, 2.05) is 17.5 Å². The predicted octanol–water partition coefficient (Wildman–Crippen LogP) is 3.18. The lowest BCUT2D eigenvalue weighted by atomic mass is 9.95. The summed E-state index contributed by atoms with van der Waals surface area (Å²) < 4.78 is 5.58. The summed E-state index contributed by atoms with van der Waals surface area (Å²) in [5.74, 6) is 1.14. The average molecular weight is 305 g/mol. The van der Waals surface area contributed by atoms with Crippen LogP contribution in [0.4, 0.5) is 0 Å². The van der Waals surface area contributed by atoms with Crippen LogP contribution in [0.3, 0.4) is 0 Å². The highest BCUT2D eigenvalue weighted by atomic mass is 32.1. The zero-order valence-corrected chi connectivity index (χ0v) is 12.7. The first-order valence-corrected chi connectivity index (χ1v) is 8.35. The van der Waals surface area contributed by atoms with Crippen LogP contribution in [-0.4, -0.2) is 22.1 Å². The fourth-order valence-corrected chi connectivity index (χ4v) is 3.27. The summed E-state index contributed by atoms with van der Waals surface area (Å²) in [5, 5.41) is 13.1. The molecule has 0 aliphatic heterocycles. The molecule has 1 saturated carbocycles. The van der Waals surface area contributed by atoms with E-state index < -0.39 is 0 Å². The molecule has 3 rings (SSSR count). The zero-order valence-electron chi connectivity index (χ0n) is 11.9. The summed E-state index contributed by atoms with van der Waals surface area (Å²) in [6.07, 6.45) is 6.85. The maximum absolute atomic E-state index is 11.9. The van der Waals surface area contributed by atoms with Gasteiger partial charge in [-0.05, 0) is 24.3 Å². The largest absolute Gasteiger partial charge is 0.420 e. The third-order valence-corrected chi connectivity index (χ3v) is 4.59. The molecule has 112 valence electrons. The first-order valence-electron chi connectivity index (χ1n) is 7.47. The van der Waals surface area contributed by atoms with Crippen LogP contribution in [0.5, 0.6) is 0 Å². The number of carbonyl (C=O) groups excluding carboxylic acids is 1. The maximum atomic E-state index is 11.9. The minimum atomic E-state index is 0.0813. The minimum absolute atomic E-state index is 0.0813. The van der Waals surface area contributed by atoms with Crippen LogP contribution in [0.15, 0.2) is 21.9 Å². The molecular formula is C15H19N3O2S. The summed E-state index contributed by atoms with van der Waals surface area (Å²) in [4.78, 5) is 12.9. The standard InChI is InChI=1S/C15H19N3O2S/c19-13(16-11-5-2-1-3-6-11)8-9-14-17-18-15(20-14)12-7-4-10-21-12/h4,7,10-11H,1-3,5-6,8-9H2,(H,16,19). The second-order valence-electron chi connectivity index (χ2n) is 5.38. The lowest BCUT2D eigenvalue weighted by molar-refractivity contribution is -0.122. The van der Waals surface area contributed by atoms with Gasteiger partial charge in [-0.1, -0.05) is 25.3 Å². The van der Waals surface area contributed by atoms with E-state index in [4.69, 9.17) is 4.42 Å². The monoisotopic (exact) mass is 305 g/mol. The molecule has 1 N–H and O–H groups in total. The number of carbonyl (C=O) groups is 1. The lowest BCUT2D eigenvalue weighted by Gasteiger charge is -2.22. The van der Waals surface area contributed by atoms with Gasteiger partial charge in [0.2, 0.25) is 11.8 Å². The average Bonchev–Trinajstić information content (AvgIpc) is 3.17. The molecule has 21 heavy (non-hydrogen) atoms. The Morgan fingerprint density at radius 3 is 2.95 bits per heavy atom. The molecule has 0 aromatic carbocycles. The summed E-state index contributed by atoms with van der Waals surface area (Å²) in [6, 6.07) is 4.25. The van der Waals surface area contributed by atoms with Gasteiger partial charge in [0.15, 0.2) is 0 Å². The van der Waals surface area contributed by atoms with E-state index in [-0.39, 0.29) is 5.91 Å². The third kappa shape index (κ3) is 3.91. The molecule has 6 heteroatoms.